The van der Waals surface area contributed by atoms with Gasteiger partial charge in [0, 0.05) is 18.3 Å². The van der Waals surface area contributed by atoms with Crippen LogP contribution in [0.25, 0.3) is 0 Å². The monoisotopic (exact) mass is 247 g/mol. The Labute approximate surface area is 107 Å². The van der Waals surface area contributed by atoms with E-state index in [0.29, 0.717) is 17.3 Å². The van der Waals surface area contributed by atoms with Gasteiger partial charge < -0.3 is 5.32 Å². The van der Waals surface area contributed by atoms with E-state index in [0.717, 1.165) is 19.6 Å². The number of benzene rings is 1. The van der Waals surface area contributed by atoms with Crippen LogP contribution >= 0.6 is 0 Å². The van der Waals surface area contributed by atoms with Crippen LogP contribution in [0.4, 0.5) is 10.1 Å². The van der Waals surface area contributed by atoms with Gasteiger partial charge in [-0.3, -0.25) is 4.90 Å². The lowest BCUT2D eigenvalue weighted by molar-refractivity contribution is 0.277. The van der Waals surface area contributed by atoms with Crippen molar-refractivity contribution < 1.29 is 4.39 Å². The average molecular weight is 247 g/mol. The predicted molar refractivity (Wildman–Crippen MR) is 69.9 cm³/mol. The maximum absolute atomic E-state index is 13.3. The van der Waals surface area contributed by atoms with Gasteiger partial charge in [0.25, 0.3) is 0 Å². The molecule has 1 aliphatic rings. The minimum absolute atomic E-state index is 0.358. The molecule has 96 valence electrons. The first-order valence-corrected chi connectivity index (χ1v) is 6.41. The first kappa shape index (κ1) is 12.8. The van der Waals surface area contributed by atoms with Gasteiger partial charge >= 0.3 is 0 Å². The maximum Gasteiger partial charge on any atom is 0.126 e. The van der Waals surface area contributed by atoms with Crippen LogP contribution < -0.4 is 5.32 Å². The van der Waals surface area contributed by atoms with E-state index in [9.17, 15) is 4.39 Å². The van der Waals surface area contributed by atoms with Gasteiger partial charge in [-0.15, -0.1) is 0 Å². The third kappa shape index (κ3) is 2.99. The maximum atomic E-state index is 13.3. The van der Waals surface area contributed by atoms with Crippen LogP contribution in [0.2, 0.25) is 0 Å². The molecule has 0 aromatic heterocycles. The van der Waals surface area contributed by atoms with Crippen LogP contribution in [-0.2, 0) is 0 Å². The number of nitrogens with one attached hydrogen (secondary N) is 1. The molecule has 0 saturated carbocycles. The third-order valence-corrected chi connectivity index (χ3v) is 3.47. The zero-order chi connectivity index (χ0) is 13.0. The lowest BCUT2D eigenvalue weighted by atomic mass is 10.2. The van der Waals surface area contributed by atoms with Gasteiger partial charge in [0.1, 0.15) is 5.82 Å². The molecule has 1 aromatic rings. The average Bonchev–Trinajstić information content (AvgIpc) is 2.83. The standard InChI is InChI=1S/C14H18FN3/c1-2-18-5-3-4-14(18)10-17-13-7-11(9-16)6-12(15)8-13/h6-8,14,17H,2-5,10H2,1H3. The lowest BCUT2D eigenvalue weighted by Crippen LogP contribution is -2.34. The summed E-state index contributed by atoms with van der Waals surface area (Å²) in [5, 5.41) is 12.0. The molecule has 1 unspecified atom stereocenters. The Morgan fingerprint density at radius 2 is 2.33 bits per heavy atom. The second-order valence-electron chi connectivity index (χ2n) is 4.65. The van der Waals surface area contributed by atoms with E-state index in [1.54, 1.807) is 6.07 Å². The summed E-state index contributed by atoms with van der Waals surface area (Å²) in [7, 11) is 0. The Morgan fingerprint density at radius 1 is 1.50 bits per heavy atom. The second kappa shape index (κ2) is 5.83. The highest BCUT2D eigenvalue weighted by Crippen LogP contribution is 2.18. The van der Waals surface area contributed by atoms with Crippen LogP contribution in [0.15, 0.2) is 18.2 Å². The van der Waals surface area contributed by atoms with E-state index in [1.165, 1.54) is 25.0 Å². The lowest BCUT2D eigenvalue weighted by Gasteiger charge is -2.23. The van der Waals surface area contributed by atoms with Crippen molar-refractivity contribution in [3.63, 3.8) is 0 Å². The van der Waals surface area contributed by atoms with E-state index >= 15 is 0 Å². The Balaban J connectivity index is 1.98. The molecule has 0 radical (unpaired) electrons. The van der Waals surface area contributed by atoms with Gasteiger partial charge in [-0.1, -0.05) is 6.92 Å². The molecule has 0 amide bonds. The number of rotatable bonds is 4. The van der Waals surface area contributed by atoms with Gasteiger partial charge in [-0.25, -0.2) is 4.39 Å². The first-order chi connectivity index (χ1) is 8.72. The fourth-order valence-corrected chi connectivity index (χ4v) is 2.53. The molecule has 4 heteroatoms. The number of nitrogens with zero attached hydrogens (tertiary/aromatic N) is 2. The quantitative estimate of drug-likeness (QED) is 0.889. The molecule has 3 nitrogen and oxygen atoms in total. The molecule has 18 heavy (non-hydrogen) atoms. The summed E-state index contributed by atoms with van der Waals surface area (Å²) in [6.45, 7) is 5.17. The molecule has 1 N–H and O–H groups in total. The van der Waals surface area contributed by atoms with E-state index in [4.69, 9.17) is 5.26 Å². The molecule has 0 spiro atoms. The van der Waals surface area contributed by atoms with Crippen LogP contribution in [0.3, 0.4) is 0 Å². The molecule has 0 aliphatic carbocycles. The summed E-state index contributed by atoms with van der Waals surface area (Å²) < 4.78 is 13.3. The van der Waals surface area contributed by atoms with Crippen molar-refractivity contribution in [1.82, 2.24) is 4.90 Å². The zero-order valence-corrected chi connectivity index (χ0v) is 10.6. The van der Waals surface area contributed by atoms with Gasteiger partial charge in [0.2, 0.25) is 0 Å². The normalized spacial score (nSPS) is 19.7. The predicted octanol–water partition coefficient (Wildman–Crippen LogP) is 2.59. The number of likely N-dealkylation sites (N-methyl/N-ethyl adjacent to an activating group) is 1. The molecule has 1 atom stereocenters. The fourth-order valence-electron chi connectivity index (χ4n) is 2.53. The van der Waals surface area contributed by atoms with Crippen molar-refractivity contribution in [2.45, 2.75) is 25.8 Å². The molecule has 1 aromatic carbocycles. The third-order valence-electron chi connectivity index (χ3n) is 3.47. The van der Waals surface area contributed by atoms with Gasteiger partial charge in [0.05, 0.1) is 11.6 Å². The highest BCUT2D eigenvalue weighted by Gasteiger charge is 2.22. The van der Waals surface area contributed by atoms with Crippen molar-refractivity contribution in [2.75, 3.05) is 25.0 Å². The summed E-state index contributed by atoms with van der Waals surface area (Å²) in [6, 6.07) is 6.86. The number of halogens is 1. The molecular weight excluding hydrogens is 229 g/mol. The summed E-state index contributed by atoms with van der Waals surface area (Å²) in [5.74, 6) is -0.365. The highest BCUT2D eigenvalue weighted by atomic mass is 19.1. The Hall–Kier alpha value is -1.60. The number of likely N-dealkylation sites (tertiary alicyclic amines) is 1. The van der Waals surface area contributed by atoms with E-state index in [1.807, 2.05) is 6.07 Å². The molecule has 0 bridgehead atoms. The second-order valence-corrected chi connectivity index (χ2v) is 4.65. The Morgan fingerprint density at radius 3 is 3.06 bits per heavy atom. The van der Waals surface area contributed by atoms with Gasteiger partial charge in [-0.2, -0.15) is 5.26 Å². The molecule has 1 aliphatic heterocycles. The van der Waals surface area contributed by atoms with Crippen LogP contribution in [0, 0.1) is 17.1 Å². The van der Waals surface area contributed by atoms with Crippen LogP contribution in [0.1, 0.15) is 25.3 Å². The first-order valence-electron chi connectivity index (χ1n) is 6.41. The van der Waals surface area contributed by atoms with Crippen molar-refractivity contribution in [2.24, 2.45) is 0 Å². The molecule has 1 heterocycles. The summed E-state index contributed by atoms with van der Waals surface area (Å²) in [5.41, 5.74) is 1.05. The SMILES string of the molecule is CCN1CCCC1CNc1cc(F)cc(C#N)c1. The molecule has 2 rings (SSSR count). The number of nitriles is 1. The number of hydrogen-bond acceptors (Lipinski definition) is 3. The van der Waals surface area contributed by atoms with Crippen LogP contribution in [-0.4, -0.2) is 30.6 Å². The van der Waals surface area contributed by atoms with Crippen molar-refractivity contribution in [1.29, 1.82) is 5.26 Å². The zero-order valence-electron chi connectivity index (χ0n) is 10.6. The number of hydrogen-bond donors (Lipinski definition) is 1. The van der Waals surface area contributed by atoms with Crippen molar-refractivity contribution in [3.8, 4) is 6.07 Å². The minimum atomic E-state index is -0.365. The smallest absolute Gasteiger partial charge is 0.126 e. The molecule has 1 saturated heterocycles. The number of anilines is 1. The molecule has 1 fully saturated rings. The van der Waals surface area contributed by atoms with Gasteiger partial charge in [-0.05, 0) is 44.1 Å². The summed E-state index contributed by atoms with van der Waals surface area (Å²) in [4.78, 5) is 2.43. The van der Waals surface area contributed by atoms with Crippen molar-refractivity contribution >= 4 is 5.69 Å². The van der Waals surface area contributed by atoms with E-state index < -0.39 is 0 Å². The fraction of sp³-hybridized carbons (Fsp3) is 0.500. The van der Waals surface area contributed by atoms with Crippen LogP contribution in [0.5, 0.6) is 0 Å². The highest BCUT2D eigenvalue weighted by molar-refractivity contribution is 5.49. The Kier molecular flexibility index (Phi) is 4.16. The molecular formula is C14H18FN3. The summed E-state index contributed by atoms with van der Waals surface area (Å²) >= 11 is 0. The Bertz CT molecular complexity index is 453. The summed E-state index contributed by atoms with van der Waals surface area (Å²) in [6.07, 6.45) is 2.41. The van der Waals surface area contributed by atoms with Crippen molar-refractivity contribution in [3.05, 3.63) is 29.6 Å². The van der Waals surface area contributed by atoms with E-state index in [2.05, 4.69) is 17.1 Å². The largest absolute Gasteiger partial charge is 0.383 e. The topological polar surface area (TPSA) is 39.1 Å². The minimum Gasteiger partial charge on any atom is -0.383 e. The van der Waals surface area contributed by atoms with Gasteiger partial charge in [0.15, 0.2) is 0 Å². The van der Waals surface area contributed by atoms with E-state index in [-0.39, 0.29) is 5.82 Å².